The maximum Gasteiger partial charge on any atom is 0.223 e. The zero-order chi connectivity index (χ0) is 17.8. The second kappa shape index (κ2) is 9.19. The average Bonchev–Trinajstić information content (AvgIpc) is 2.62. The molecule has 1 aromatic rings. The van der Waals surface area contributed by atoms with Crippen molar-refractivity contribution in [2.45, 2.75) is 51.1 Å². The van der Waals surface area contributed by atoms with Gasteiger partial charge in [0, 0.05) is 19.2 Å². The van der Waals surface area contributed by atoms with E-state index < -0.39 is 0 Å². The summed E-state index contributed by atoms with van der Waals surface area (Å²) < 4.78 is 0. The van der Waals surface area contributed by atoms with Gasteiger partial charge in [-0.15, -0.1) is 12.4 Å². The monoisotopic (exact) mass is 377 g/mol. The molecular formula is C20H28ClN3O2. The maximum absolute atomic E-state index is 12.7. The molecule has 142 valence electrons. The molecule has 1 aromatic carbocycles. The molecule has 1 fully saturated rings. The summed E-state index contributed by atoms with van der Waals surface area (Å²) in [5.74, 6) is 0.299. The van der Waals surface area contributed by atoms with Crippen LogP contribution >= 0.6 is 12.4 Å². The number of carbonyl (C=O) groups excluding carboxylic acids is 2. The van der Waals surface area contributed by atoms with Gasteiger partial charge in [-0.05, 0) is 42.5 Å². The van der Waals surface area contributed by atoms with Crippen molar-refractivity contribution in [2.75, 3.05) is 6.54 Å². The lowest BCUT2D eigenvalue weighted by atomic mass is 9.84. The van der Waals surface area contributed by atoms with Crippen LogP contribution in [0.3, 0.4) is 0 Å². The van der Waals surface area contributed by atoms with Crippen LogP contribution in [-0.2, 0) is 9.59 Å². The Morgan fingerprint density at radius 1 is 1.23 bits per heavy atom. The van der Waals surface area contributed by atoms with Crippen LogP contribution < -0.4 is 11.1 Å². The first kappa shape index (κ1) is 20.5. The van der Waals surface area contributed by atoms with Crippen LogP contribution in [0, 0.1) is 5.92 Å². The number of nitrogens with two attached hydrogens (primary N) is 1. The summed E-state index contributed by atoms with van der Waals surface area (Å²) in [6, 6.07) is 7.84. The fourth-order valence-corrected chi connectivity index (χ4v) is 4.03. The number of rotatable bonds is 4. The van der Waals surface area contributed by atoms with Crippen LogP contribution in [0.25, 0.3) is 6.08 Å². The van der Waals surface area contributed by atoms with Gasteiger partial charge < -0.3 is 16.0 Å². The van der Waals surface area contributed by atoms with Crippen molar-refractivity contribution in [1.29, 1.82) is 0 Å². The second-order valence-corrected chi connectivity index (χ2v) is 7.05. The van der Waals surface area contributed by atoms with Gasteiger partial charge in [0.05, 0.1) is 12.5 Å². The van der Waals surface area contributed by atoms with E-state index >= 15 is 0 Å². The third kappa shape index (κ3) is 4.46. The van der Waals surface area contributed by atoms with Crippen molar-refractivity contribution in [3.8, 4) is 0 Å². The Labute approximate surface area is 161 Å². The smallest absolute Gasteiger partial charge is 0.223 e. The van der Waals surface area contributed by atoms with Crippen LogP contribution in [0.15, 0.2) is 30.5 Å². The van der Waals surface area contributed by atoms with Crippen molar-refractivity contribution in [1.82, 2.24) is 10.2 Å². The predicted molar refractivity (Wildman–Crippen MR) is 106 cm³/mol. The summed E-state index contributed by atoms with van der Waals surface area (Å²) in [6.07, 6.45) is 8.38. The summed E-state index contributed by atoms with van der Waals surface area (Å²) in [6.45, 7) is 2.15. The molecule has 26 heavy (non-hydrogen) atoms. The molecule has 3 atom stereocenters. The molecule has 0 saturated heterocycles. The van der Waals surface area contributed by atoms with Gasteiger partial charge in [-0.3, -0.25) is 9.59 Å². The van der Waals surface area contributed by atoms with E-state index in [0.717, 1.165) is 30.4 Å². The molecule has 0 aromatic heterocycles. The molecule has 5 nitrogen and oxygen atoms in total. The van der Waals surface area contributed by atoms with E-state index in [4.69, 9.17) is 5.73 Å². The van der Waals surface area contributed by atoms with Crippen LogP contribution in [0.4, 0.5) is 0 Å². The number of nitrogens with zero attached hydrogens (tertiary/aromatic N) is 1. The van der Waals surface area contributed by atoms with Gasteiger partial charge in [-0.2, -0.15) is 0 Å². The molecule has 2 aliphatic rings. The number of amides is 2. The van der Waals surface area contributed by atoms with Gasteiger partial charge in [-0.1, -0.05) is 37.1 Å². The maximum atomic E-state index is 12.7. The second-order valence-electron chi connectivity index (χ2n) is 7.05. The number of hydrogen-bond acceptors (Lipinski definition) is 3. The van der Waals surface area contributed by atoms with Gasteiger partial charge >= 0.3 is 0 Å². The summed E-state index contributed by atoms with van der Waals surface area (Å²) in [4.78, 5) is 26.4. The SMILES string of the molecule is CC(=O)N1C=Cc2ccccc2C1CC(=O)NC1CCCCC1CN.Cl. The van der Waals surface area contributed by atoms with Crippen molar-refractivity contribution >= 4 is 30.3 Å². The molecule has 1 aliphatic heterocycles. The number of carbonyl (C=O) groups is 2. The summed E-state index contributed by atoms with van der Waals surface area (Å²) in [5, 5.41) is 3.18. The lowest BCUT2D eigenvalue weighted by Crippen LogP contribution is -2.46. The molecule has 0 radical (unpaired) electrons. The van der Waals surface area contributed by atoms with Gasteiger partial charge in [0.15, 0.2) is 0 Å². The van der Waals surface area contributed by atoms with E-state index in [0.29, 0.717) is 12.5 Å². The number of benzene rings is 1. The molecule has 6 heteroatoms. The Hall–Kier alpha value is -1.85. The van der Waals surface area contributed by atoms with Crippen molar-refractivity contribution in [3.05, 3.63) is 41.6 Å². The molecule has 3 rings (SSSR count). The lowest BCUT2D eigenvalue weighted by Gasteiger charge is -2.34. The molecular weight excluding hydrogens is 350 g/mol. The van der Waals surface area contributed by atoms with Crippen LogP contribution in [0.5, 0.6) is 0 Å². The highest BCUT2D eigenvalue weighted by atomic mass is 35.5. The summed E-state index contributed by atoms with van der Waals surface area (Å²) >= 11 is 0. The molecule has 1 aliphatic carbocycles. The number of halogens is 1. The molecule has 1 saturated carbocycles. The van der Waals surface area contributed by atoms with E-state index in [2.05, 4.69) is 5.32 Å². The zero-order valence-electron chi connectivity index (χ0n) is 15.2. The number of nitrogens with one attached hydrogen (secondary N) is 1. The average molecular weight is 378 g/mol. The van der Waals surface area contributed by atoms with Crippen LogP contribution in [0.1, 0.15) is 56.2 Å². The minimum atomic E-state index is -0.251. The molecule has 1 heterocycles. The highest BCUT2D eigenvalue weighted by Gasteiger charge is 2.30. The van der Waals surface area contributed by atoms with E-state index in [-0.39, 0.29) is 42.7 Å². The largest absolute Gasteiger partial charge is 0.353 e. The Kier molecular flexibility index (Phi) is 7.23. The first-order valence-electron chi connectivity index (χ1n) is 9.15. The van der Waals surface area contributed by atoms with Crippen LogP contribution in [0.2, 0.25) is 0 Å². The minimum absolute atomic E-state index is 0. The third-order valence-electron chi connectivity index (χ3n) is 5.41. The topological polar surface area (TPSA) is 75.4 Å². The Morgan fingerprint density at radius 3 is 2.69 bits per heavy atom. The predicted octanol–water partition coefficient (Wildman–Crippen LogP) is 3.01. The fraction of sp³-hybridized carbons (Fsp3) is 0.500. The van der Waals surface area contributed by atoms with Gasteiger partial charge in [0.25, 0.3) is 0 Å². The standard InChI is InChI=1S/C20H27N3O2.ClH/c1-14(24)23-11-10-15-6-2-4-8-17(15)19(23)12-20(25)22-18-9-5-3-7-16(18)13-21;/h2,4,6,8,10-11,16,18-19H,3,5,7,9,12-13,21H2,1H3,(H,22,25);1H. The van der Waals surface area contributed by atoms with Gasteiger partial charge in [0.2, 0.25) is 11.8 Å². The third-order valence-corrected chi connectivity index (χ3v) is 5.41. The molecule has 3 N–H and O–H groups in total. The Balaban J connectivity index is 0.00000243. The highest BCUT2D eigenvalue weighted by Crippen LogP contribution is 2.33. The van der Waals surface area contributed by atoms with E-state index in [1.54, 1.807) is 11.1 Å². The highest BCUT2D eigenvalue weighted by molar-refractivity contribution is 5.85. The van der Waals surface area contributed by atoms with E-state index in [1.165, 1.54) is 13.3 Å². The first-order valence-corrected chi connectivity index (χ1v) is 9.15. The lowest BCUT2D eigenvalue weighted by molar-refractivity contribution is -0.130. The molecule has 3 unspecified atom stereocenters. The molecule has 0 spiro atoms. The van der Waals surface area contributed by atoms with Crippen molar-refractivity contribution in [3.63, 3.8) is 0 Å². The quantitative estimate of drug-likeness (QED) is 0.846. The zero-order valence-corrected chi connectivity index (χ0v) is 16.0. The van der Waals surface area contributed by atoms with Crippen LogP contribution in [-0.4, -0.2) is 29.3 Å². The van der Waals surface area contributed by atoms with E-state index in [9.17, 15) is 9.59 Å². The fourth-order valence-electron chi connectivity index (χ4n) is 4.03. The Bertz CT molecular complexity index is 677. The van der Waals surface area contributed by atoms with Gasteiger partial charge in [-0.25, -0.2) is 0 Å². The van der Waals surface area contributed by atoms with E-state index in [1.807, 2.05) is 30.3 Å². The number of fused-ring (bicyclic) bond motifs is 1. The summed E-state index contributed by atoms with van der Waals surface area (Å²) in [5.41, 5.74) is 7.95. The van der Waals surface area contributed by atoms with Crippen molar-refractivity contribution < 1.29 is 9.59 Å². The normalized spacial score (nSPS) is 24.4. The van der Waals surface area contributed by atoms with Crippen molar-refractivity contribution in [2.24, 2.45) is 11.7 Å². The minimum Gasteiger partial charge on any atom is -0.353 e. The first-order chi connectivity index (χ1) is 12.1. The number of hydrogen-bond donors (Lipinski definition) is 2. The Morgan fingerprint density at radius 2 is 1.96 bits per heavy atom. The van der Waals surface area contributed by atoms with Gasteiger partial charge in [0.1, 0.15) is 0 Å². The molecule has 0 bridgehead atoms. The summed E-state index contributed by atoms with van der Waals surface area (Å²) in [7, 11) is 0. The molecule has 2 amide bonds.